The molecule has 0 amide bonds. The van der Waals surface area contributed by atoms with Gasteiger partial charge in [0.2, 0.25) is 5.95 Å². The smallest absolute Gasteiger partial charge is 0.406 e. The Balaban J connectivity index is 1.71. The summed E-state index contributed by atoms with van der Waals surface area (Å²) < 4.78 is 43.5. The highest BCUT2D eigenvalue weighted by atomic mass is 19.4. The number of aliphatic hydroxyl groups is 1. The molecule has 2 unspecified atom stereocenters. The fourth-order valence-electron chi connectivity index (χ4n) is 5.06. The molecule has 32 heavy (non-hydrogen) atoms. The number of nitrogens with one attached hydrogen (secondary N) is 1. The number of aromatic nitrogens is 2. The van der Waals surface area contributed by atoms with Gasteiger partial charge in [-0.15, -0.1) is 13.2 Å². The van der Waals surface area contributed by atoms with E-state index in [1.807, 2.05) is 18.2 Å². The molecular formula is C24H28F3N3O2. The summed E-state index contributed by atoms with van der Waals surface area (Å²) in [7, 11) is 0. The second-order valence-electron chi connectivity index (χ2n) is 9.55. The van der Waals surface area contributed by atoms with Crippen LogP contribution in [0.1, 0.15) is 51.6 Å². The minimum absolute atomic E-state index is 0.0697. The normalized spacial score (nSPS) is 21.0. The molecule has 1 fully saturated rings. The van der Waals surface area contributed by atoms with Crippen molar-refractivity contribution >= 4 is 22.7 Å². The minimum atomic E-state index is -4.72. The molecule has 0 bridgehead atoms. The third-order valence-electron chi connectivity index (χ3n) is 6.01. The predicted molar refractivity (Wildman–Crippen MR) is 118 cm³/mol. The Morgan fingerprint density at radius 3 is 2.50 bits per heavy atom. The fraction of sp³-hybridized carbons (Fsp3) is 0.458. The minimum Gasteiger partial charge on any atom is -0.406 e. The van der Waals surface area contributed by atoms with E-state index in [9.17, 15) is 18.3 Å². The van der Waals surface area contributed by atoms with Crippen molar-refractivity contribution in [3.63, 3.8) is 0 Å². The van der Waals surface area contributed by atoms with Gasteiger partial charge in [0.05, 0.1) is 17.6 Å². The number of rotatable bonds is 5. The van der Waals surface area contributed by atoms with Crippen molar-refractivity contribution in [3.05, 3.63) is 48.0 Å². The number of anilines is 2. The Morgan fingerprint density at radius 1 is 1.16 bits per heavy atom. The maximum Gasteiger partial charge on any atom is 0.573 e. The Morgan fingerprint density at radius 2 is 1.88 bits per heavy atom. The van der Waals surface area contributed by atoms with E-state index in [-0.39, 0.29) is 23.8 Å². The maximum atomic E-state index is 12.5. The molecule has 1 aliphatic carbocycles. The molecule has 0 saturated heterocycles. The summed E-state index contributed by atoms with van der Waals surface area (Å²) in [5.41, 5.74) is 3.32. The van der Waals surface area contributed by atoms with E-state index in [1.54, 1.807) is 0 Å². The third kappa shape index (κ3) is 5.01. The number of halogens is 3. The van der Waals surface area contributed by atoms with Gasteiger partial charge in [-0.3, -0.25) is 0 Å². The van der Waals surface area contributed by atoms with E-state index in [0.717, 1.165) is 35.9 Å². The van der Waals surface area contributed by atoms with Crippen LogP contribution in [-0.4, -0.2) is 21.0 Å². The predicted octanol–water partition coefficient (Wildman–Crippen LogP) is 6.56. The van der Waals surface area contributed by atoms with Gasteiger partial charge in [0.25, 0.3) is 0 Å². The molecule has 172 valence electrons. The van der Waals surface area contributed by atoms with Crippen LogP contribution in [0.2, 0.25) is 0 Å². The highest BCUT2D eigenvalue weighted by Gasteiger charge is 2.35. The summed E-state index contributed by atoms with van der Waals surface area (Å²) in [6, 6.07) is 11.6. The lowest BCUT2D eigenvalue weighted by atomic mass is 9.70. The first kappa shape index (κ1) is 22.5. The van der Waals surface area contributed by atoms with Crippen LogP contribution in [0, 0.1) is 11.3 Å². The molecule has 4 rings (SSSR count). The molecule has 1 heterocycles. The van der Waals surface area contributed by atoms with Gasteiger partial charge in [-0.05, 0) is 72.6 Å². The Labute approximate surface area is 185 Å². The fourth-order valence-corrected chi connectivity index (χ4v) is 5.06. The monoisotopic (exact) mass is 447 g/mol. The number of fused-ring (bicyclic) bond motifs is 1. The Bertz CT molecular complexity index is 1090. The molecule has 0 spiro atoms. The van der Waals surface area contributed by atoms with E-state index in [1.165, 1.54) is 24.3 Å². The van der Waals surface area contributed by atoms with E-state index < -0.39 is 6.36 Å². The summed E-state index contributed by atoms with van der Waals surface area (Å²) in [6.45, 7) is 6.76. The summed E-state index contributed by atoms with van der Waals surface area (Å²) in [4.78, 5) is 4.78. The van der Waals surface area contributed by atoms with Gasteiger partial charge < -0.3 is 19.7 Å². The molecule has 2 aromatic carbocycles. The van der Waals surface area contributed by atoms with E-state index >= 15 is 0 Å². The average Bonchev–Trinajstić information content (AvgIpc) is 3.03. The molecule has 2 atom stereocenters. The third-order valence-corrected chi connectivity index (χ3v) is 6.01. The second kappa shape index (κ2) is 8.31. The van der Waals surface area contributed by atoms with E-state index in [2.05, 4.69) is 35.4 Å². The van der Waals surface area contributed by atoms with Crippen molar-refractivity contribution in [1.29, 1.82) is 0 Å². The zero-order valence-electron chi connectivity index (χ0n) is 18.4. The first-order valence-corrected chi connectivity index (χ1v) is 10.8. The van der Waals surface area contributed by atoms with Crippen LogP contribution in [0.3, 0.4) is 0 Å². The zero-order chi connectivity index (χ0) is 23.1. The summed E-state index contributed by atoms with van der Waals surface area (Å²) >= 11 is 0. The van der Waals surface area contributed by atoms with Crippen LogP contribution in [-0.2, 0) is 6.61 Å². The van der Waals surface area contributed by atoms with Gasteiger partial charge in [0.1, 0.15) is 5.75 Å². The van der Waals surface area contributed by atoms with Crippen molar-refractivity contribution in [3.8, 4) is 5.75 Å². The molecule has 1 aromatic heterocycles. The zero-order valence-corrected chi connectivity index (χ0v) is 18.4. The van der Waals surface area contributed by atoms with Crippen molar-refractivity contribution < 1.29 is 23.0 Å². The maximum absolute atomic E-state index is 12.5. The summed E-state index contributed by atoms with van der Waals surface area (Å²) in [6.07, 6.45) is -1.55. The molecule has 3 aromatic rings. The van der Waals surface area contributed by atoms with Crippen LogP contribution in [0.25, 0.3) is 11.0 Å². The Hall–Kier alpha value is -2.74. The van der Waals surface area contributed by atoms with Crippen molar-refractivity contribution in [2.24, 2.45) is 11.3 Å². The van der Waals surface area contributed by atoms with Crippen LogP contribution < -0.4 is 10.1 Å². The number of imidazole rings is 1. The highest BCUT2D eigenvalue weighted by molar-refractivity contribution is 5.80. The number of nitrogens with zero attached hydrogens (tertiary/aromatic N) is 2. The van der Waals surface area contributed by atoms with E-state index in [0.29, 0.717) is 17.6 Å². The molecule has 1 saturated carbocycles. The van der Waals surface area contributed by atoms with Crippen LogP contribution in [0.4, 0.5) is 24.8 Å². The molecule has 0 aliphatic heterocycles. The molecule has 5 nitrogen and oxygen atoms in total. The van der Waals surface area contributed by atoms with Gasteiger partial charge in [0, 0.05) is 11.7 Å². The second-order valence-corrected chi connectivity index (χ2v) is 9.55. The molecule has 2 N–H and O–H groups in total. The van der Waals surface area contributed by atoms with Gasteiger partial charge in [-0.2, -0.15) is 0 Å². The standard InChI is InChI=1S/C24H28F3N3O2/c1-15-10-18(13-23(2,3)12-15)30-21-9-4-16(14-31)11-20(21)29-22(30)28-17-5-7-19(8-6-17)32-24(25,26)27/h4-9,11,15,18,31H,10,12-14H2,1-3H3,(H,28,29). The largest absolute Gasteiger partial charge is 0.573 e. The van der Waals surface area contributed by atoms with Gasteiger partial charge in [0.15, 0.2) is 0 Å². The molecule has 0 radical (unpaired) electrons. The topological polar surface area (TPSA) is 59.3 Å². The van der Waals surface area contributed by atoms with Gasteiger partial charge in [-0.25, -0.2) is 4.98 Å². The number of alkyl halides is 3. The van der Waals surface area contributed by atoms with Crippen molar-refractivity contribution in [1.82, 2.24) is 9.55 Å². The quantitative estimate of drug-likeness (QED) is 0.465. The molecule has 8 heteroatoms. The van der Waals surface area contributed by atoms with Crippen LogP contribution >= 0.6 is 0 Å². The summed E-state index contributed by atoms with van der Waals surface area (Å²) in [5, 5.41) is 12.8. The first-order valence-electron chi connectivity index (χ1n) is 10.8. The number of hydrogen-bond acceptors (Lipinski definition) is 4. The molecular weight excluding hydrogens is 419 g/mol. The van der Waals surface area contributed by atoms with E-state index in [4.69, 9.17) is 4.98 Å². The highest BCUT2D eigenvalue weighted by Crippen LogP contribution is 2.46. The lowest BCUT2D eigenvalue weighted by Crippen LogP contribution is -2.29. The molecule has 1 aliphatic rings. The SMILES string of the molecule is CC1CC(n2c(Nc3ccc(OC(F)(F)F)cc3)nc3cc(CO)ccc32)CC(C)(C)C1. The van der Waals surface area contributed by atoms with Crippen molar-refractivity contribution in [2.45, 2.75) is 59.0 Å². The van der Waals surface area contributed by atoms with Gasteiger partial charge in [-0.1, -0.05) is 26.8 Å². The number of ether oxygens (including phenoxy) is 1. The number of aliphatic hydroxyl groups excluding tert-OH is 1. The lowest BCUT2D eigenvalue weighted by Gasteiger charge is -2.40. The number of benzene rings is 2. The van der Waals surface area contributed by atoms with Crippen molar-refractivity contribution in [2.75, 3.05) is 5.32 Å². The van der Waals surface area contributed by atoms with Gasteiger partial charge >= 0.3 is 6.36 Å². The first-order chi connectivity index (χ1) is 15.0. The number of hydrogen-bond donors (Lipinski definition) is 2. The van der Waals surface area contributed by atoms with Crippen LogP contribution in [0.15, 0.2) is 42.5 Å². The lowest BCUT2D eigenvalue weighted by molar-refractivity contribution is -0.274. The summed E-state index contributed by atoms with van der Waals surface area (Å²) in [5.74, 6) is 0.922. The van der Waals surface area contributed by atoms with Crippen LogP contribution in [0.5, 0.6) is 5.75 Å². The Kier molecular flexibility index (Phi) is 5.83. The average molecular weight is 448 g/mol.